The number of amides is 1. The number of piperazine rings is 1. The molecule has 0 bridgehead atoms. The molecule has 0 spiro atoms. The minimum Gasteiger partial charge on any atom is -0.341 e. The fraction of sp³-hybridized carbons (Fsp3) is 0.333. The molecule has 0 unspecified atom stereocenters. The Balaban J connectivity index is 1.28. The van der Waals surface area contributed by atoms with Crippen molar-refractivity contribution >= 4 is 28.8 Å². The zero-order chi connectivity index (χ0) is 17.8. The number of H-pyrrole nitrogens is 1. The number of carbonyl (C=O) groups excluding carboxylic acids is 1. The van der Waals surface area contributed by atoms with Crippen LogP contribution < -0.4 is 0 Å². The summed E-state index contributed by atoms with van der Waals surface area (Å²) in [5.74, 6) is 0.532. The van der Waals surface area contributed by atoms with E-state index in [-0.39, 0.29) is 5.91 Å². The number of nitrogens with one attached hydrogen (secondary N) is 1. The second-order valence-electron chi connectivity index (χ2n) is 6.21. The predicted octanol–water partition coefficient (Wildman–Crippen LogP) is 1.79. The second-order valence-corrected chi connectivity index (χ2v) is 7.18. The van der Waals surface area contributed by atoms with Crippen molar-refractivity contribution in [2.75, 3.05) is 31.9 Å². The highest BCUT2D eigenvalue weighted by Crippen LogP contribution is 2.22. The van der Waals surface area contributed by atoms with E-state index < -0.39 is 0 Å². The molecule has 2 aromatic heterocycles. The van der Waals surface area contributed by atoms with Crippen LogP contribution in [-0.4, -0.2) is 67.6 Å². The van der Waals surface area contributed by atoms with E-state index in [1.807, 2.05) is 11.0 Å². The molecule has 0 atom stereocenters. The summed E-state index contributed by atoms with van der Waals surface area (Å²) in [5.41, 5.74) is 2.73. The van der Waals surface area contributed by atoms with Crippen LogP contribution in [0.25, 0.3) is 11.2 Å². The van der Waals surface area contributed by atoms with Crippen molar-refractivity contribution in [2.24, 2.45) is 0 Å². The molecule has 1 amide bonds. The summed E-state index contributed by atoms with van der Waals surface area (Å²) < 4.78 is 0. The molecule has 1 fully saturated rings. The Morgan fingerprint density at radius 2 is 1.88 bits per heavy atom. The maximum atomic E-state index is 12.5. The van der Waals surface area contributed by atoms with E-state index in [1.165, 1.54) is 23.7 Å². The molecule has 0 saturated carbocycles. The maximum absolute atomic E-state index is 12.5. The van der Waals surface area contributed by atoms with E-state index in [2.05, 4.69) is 49.1 Å². The van der Waals surface area contributed by atoms with Gasteiger partial charge in [0.2, 0.25) is 5.91 Å². The van der Waals surface area contributed by atoms with Crippen molar-refractivity contribution in [2.45, 2.75) is 11.6 Å². The predicted molar refractivity (Wildman–Crippen MR) is 101 cm³/mol. The fourth-order valence-electron chi connectivity index (χ4n) is 3.07. The van der Waals surface area contributed by atoms with Gasteiger partial charge in [0.1, 0.15) is 16.9 Å². The van der Waals surface area contributed by atoms with Crippen molar-refractivity contribution in [3.63, 3.8) is 0 Å². The van der Waals surface area contributed by atoms with Crippen molar-refractivity contribution in [3.8, 4) is 0 Å². The number of thioether (sulfide) groups is 1. The van der Waals surface area contributed by atoms with E-state index in [4.69, 9.17) is 0 Å². The normalized spacial score (nSPS) is 15.5. The summed E-state index contributed by atoms with van der Waals surface area (Å²) in [5, 5.41) is 0.767. The number of aromatic nitrogens is 4. The van der Waals surface area contributed by atoms with Crippen LogP contribution in [0.15, 0.2) is 48.0 Å². The summed E-state index contributed by atoms with van der Waals surface area (Å²) >= 11 is 1.43. The van der Waals surface area contributed by atoms with E-state index >= 15 is 0 Å². The smallest absolute Gasteiger partial charge is 0.233 e. The quantitative estimate of drug-likeness (QED) is 0.546. The van der Waals surface area contributed by atoms with E-state index in [0.29, 0.717) is 11.4 Å². The van der Waals surface area contributed by atoms with Gasteiger partial charge in [-0.15, -0.1) is 0 Å². The van der Waals surface area contributed by atoms with Crippen LogP contribution >= 0.6 is 11.8 Å². The molecule has 1 N–H and O–H groups in total. The monoisotopic (exact) mass is 368 g/mol. The molecule has 7 nitrogen and oxygen atoms in total. The van der Waals surface area contributed by atoms with Crippen LogP contribution in [0.2, 0.25) is 0 Å². The Hall–Kier alpha value is -2.45. The maximum Gasteiger partial charge on any atom is 0.233 e. The number of hydrogen-bond acceptors (Lipinski definition) is 6. The van der Waals surface area contributed by atoms with Crippen molar-refractivity contribution < 1.29 is 4.79 Å². The van der Waals surface area contributed by atoms with E-state index in [0.717, 1.165) is 43.3 Å². The number of aromatic amines is 1. The third-order valence-corrected chi connectivity index (χ3v) is 5.47. The number of carbonyl (C=O) groups is 1. The summed E-state index contributed by atoms with van der Waals surface area (Å²) in [6.07, 6.45) is 3.08. The molecule has 3 aromatic rings. The Morgan fingerprint density at radius 1 is 1.08 bits per heavy atom. The van der Waals surface area contributed by atoms with Crippen LogP contribution in [0.5, 0.6) is 0 Å². The van der Waals surface area contributed by atoms with Crippen LogP contribution in [0, 0.1) is 0 Å². The number of benzene rings is 1. The van der Waals surface area contributed by atoms with Gasteiger partial charge in [0.15, 0.2) is 5.65 Å². The largest absolute Gasteiger partial charge is 0.341 e. The first kappa shape index (κ1) is 17.0. The van der Waals surface area contributed by atoms with Gasteiger partial charge in [-0.25, -0.2) is 15.0 Å². The molecule has 1 aliphatic rings. The molecule has 4 rings (SSSR count). The molecular formula is C18H20N6OS. The molecule has 26 heavy (non-hydrogen) atoms. The Bertz CT molecular complexity index is 876. The van der Waals surface area contributed by atoms with Crippen molar-refractivity contribution in [3.05, 3.63) is 48.5 Å². The molecule has 134 valence electrons. The molecule has 1 aromatic carbocycles. The number of hydrogen-bond donors (Lipinski definition) is 1. The lowest BCUT2D eigenvalue weighted by Gasteiger charge is -2.34. The van der Waals surface area contributed by atoms with Gasteiger partial charge in [0, 0.05) is 32.7 Å². The fourth-order valence-corrected chi connectivity index (χ4v) is 3.93. The van der Waals surface area contributed by atoms with Gasteiger partial charge in [-0.05, 0) is 5.56 Å². The first-order chi connectivity index (χ1) is 12.8. The molecular weight excluding hydrogens is 348 g/mol. The number of nitrogens with zero attached hydrogens (tertiary/aromatic N) is 5. The summed E-state index contributed by atoms with van der Waals surface area (Å²) in [6.45, 7) is 4.30. The molecule has 3 heterocycles. The van der Waals surface area contributed by atoms with Crippen LogP contribution in [0.1, 0.15) is 5.56 Å². The van der Waals surface area contributed by atoms with Crippen molar-refractivity contribution in [1.82, 2.24) is 29.7 Å². The van der Waals surface area contributed by atoms with Crippen molar-refractivity contribution in [1.29, 1.82) is 0 Å². The van der Waals surface area contributed by atoms with Gasteiger partial charge in [-0.2, -0.15) is 0 Å². The first-order valence-corrected chi connectivity index (χ1v) is 9.59. The Kier molecular flexibility index (Phi) is 5.12. The number of rotatable bonds is 5. The molecule has 1 saturated heterocycles. The average molecular weight is 368 g/mol. The minimum absolute atomic E-state index is 0.153. The Morgan fingerprint density at radius 3 is 2.69 bits per heavy atom. The van der Waals surface area contributed by atoms with Gasteiger partial charge in [-0.3, -0.25) is 9.69 Å². The second kappa shape index (κ2) is 7.84. The highest BCUT2D eigenvalue weighted by atomic mass is 32.2. The third kappa shape index (κ3) is 3.86. The molecule has 1 aliphatic heterocycles. The summed E-state index contributed by atoms with van der Waals surface area (Å²) in [6, 6.07) is 10.5. The van der Waals surface area contributed by atoms with Gasteiger partial charge in [0.05, 0.1) is 12.1 Å². The zero-order valence-electron chi connectivity index (χ0n) is 14.3. The van der Waals surface area contributed by atoms with Gasteiger partial charge in [0.25, 0.3) is 0 Å². The van der Waals surface area contributed by atoms with Crippen LogP contribution in [0.4, 0.5) is 0 Å². The number of fused-ring (bicyclic) bond motifs is 1. The Labute approximate surface area is 155 Å². The standard InChI is InChI=1S/C18H20N6OS/c25-15(11-26-18-16-17(20-12-19-16)21-13-22-18)24-8-6-23(7-9-24)10-14-4-2-1-3-5-14/h1-5,12-13H,6-11H2,(H,19,20,21,22). The minimum atomic E-state index is 0.153. The highest BCUT2D eigenvalue weighted by molar-refractivity contribution is 8.00. The van der Waals surface area contributed by atoms with Crippen LogP contribution in [-0.2, 0) is 11.3 Å². The van der Waals surface area contributed by atoms with Gasteiger partial charge in [-0.1, -0.05) is 42.1 Å². The lowest BCUT2D eigenvalue weighted by atomic mass is 10.2. The molecule has 0 radical (unpaired) electrons. The molecule has 0 aliphatic carbocycles. The van der Waals surface area contributed by atoms with E-state index in [1.54, 1.807) is 6.33 Å². The molecule has 8 heteroatoms. The topological polar surface area (TPSA) is 78.0 Å². The van der Waals surface area contributed by atoms with Gasteiger partial charge < -0.3 is 9.88 Å². The van der Waals surface area contributed by atoms with Gasteiger partial charge >= 0.3 is 0 Å². The average Bonchev–Trinajstić information content (AvgIpc) is 3.17. The third-order valence-electron chi connectivity index (χ3n) is 4.49. The number of imidazole rings is 1. The first-order valence-electron chi connectivity index (χ1n) is 8.60. The highest BCUT2D eigenvalue weighted by Gasteiger charge is 2.21. The SMILES string of the molecule is O=C(CSc1ncnc2nc[nH]c12)N1CCN(Cc2ccccc2)CC1. The van der Waals surface area contributed by atoms with Crippen LogP contribution in [0.3, 0.4) is 0 Å². The van der Waals surface area contributed by atoms with E-state index in [9.17, 15) is 4.79 Å². The lowest BCUT2D eigenvalue weighted by Crippen LogP contribution is -2.48. The lowest BCUT2D eigenvalue weighted by molar-refractivity contribution is -0.130. The zero-order valence-corrected chi connectivity index (χ0v) is 15.2. The summed E-state index contributed by atoms with van der Waals surface area (Å²) in [7, 11) is 0. The summed E-state index contributed by atoms with van der Waals surface area (Å²) in [4.78, 5) is 32.4.